The second-order valence-corrected chi connectivity index (χ2v) is 3.43. The van der Waals surface area contributed by atoms with Crippen LogP contribution in [-0.2, 0) is 13.5 Å². The molecule has 0 fully saturated rings. The Morgan fingerprint density at radius 2 is 1.87 bits per heavy atom. The summed E-state index contributed by atoms with van der Waals surface area (Å²) >= 11 is 0. The Morgan fingerprint density at radius 1 is 1.20 bits per heavy atom. The van der Waals surface area contributed by atoms with Gasteiger partial charge in [0.2, 0.25) is 5.95 Å². The Labute approximate surface area is 87.7 Å². The lowest BCUT2D eigenvalue weighted by molar-refractivity contribution is 0.718. The van der Waals surface area contributed by atoms with Gasteiger partial charge in [-0.3, -0.25) is 4.68 Å². The Balaban J connectivity index is 2.21. The molecule has 5 heteroatoms. The first-order valence-electron chi connectivity index (χ1n) is 4.65. The molecule has 0 saturated heterocycles. The maximum Gasteiger partial charge on any atom is 0.239 e. The minimum absolute atomic E-state index is 0.308. The largest absolute Gasteiger partial charge is 0.399 e. The number of benzene rings is 1. The van der Waals surface area contributed by atoms with Crippen LogP contribution in [0.3, 0.4) is 0 Å². The molecule has 1 aromatic carbocycles. The van der Waals surface area contributed by atoms with Gasteiger partial charge < -0.3 is 11.5 Å². The first-order valence-corrected chi connectivity index (χ1v) is 4.65. The van der Waals surface area contributed by atoms with Gasteiger partial charge in [0.15, 0.2) is 0 Å². The van der Waals surface area contributed by atoms with Gasteiger partial charge in [-0.2, -0.15) is 4.98 Å². The van der Waals surface area contributed by atoms with Gasteiger partial charge in [-0.05, 0) is 17.7 Å². The van der Waals surface area contributed by atoms with Gasteiger partial charge in [0, 0.05) is 19.2 Å². The maximum atomic E-state index is 5.60. The van der Waals surface area contributed by atoms with Crippen LogP contribution in [0.1, 0.15) is 11.4 Å². The average molecular weight is 203 g/mol. The Morgan fingerprint density at radius 3 is 2.40 bits per heavy atom. The zero-order chi connectivity index (χ0) is 10.8. The Hall–Kier alpha value is -2.04. The van der Waals surface area contributed by atoms with Crippen molar-refractivity contribution in [3.05, 3.63) is 35.7 Å². The smallest absolute Gasteiger partial charge is 0.239 e. The first kappa shape index (κ1) is 9.51. The summed E-state index contributed by atoms with van der Waals surface area (Å²) in [5.74, 6) is 1.15. The molecular formula is C10H13N5. The topological polar surface area (TPSA) is 82.8 Å². The van der Waals surface area contributed by atoms with Crippen molar-refractivity contribution in [1.29, 1.82) is 0 Å². The Bertz CT molecular complexity index is 457. The van der Waals surface area contributed by atoms with E-state index in [2.05, 4.69) is 10.1 Å². The second kappa shape index (κ2) is 3.61. The molecule has 15 heavy (non-hydrogen) atoms. The molecule has 78 valence electrons. The number of hydrogen-bond donors (Lipinski definition) is 2. The van der Waals surface area contributed by atoms with Crippen molar-refractivity contribution in [1.82, 2.24) is 14.8 Å². The molecule has 0 saturated carbocycles. The molecule has 1 aromatic heterocycles. The van der Waals surface area contributed by atoms with E-state index in [1.165, 1.54) is 0 Å². The summed E-state index contributed by atoms with van der Waals surface area (Å²) in [7, 11) is 1.83. The second-order valence-electron chi connectivity index (χ2n) is 3.43. The molecule has 0 unspecified atom stereocenters. The van der Waals surface area contributed by atoms with Crippen molar-refractivity contribution in [2.75, 3.05) is 11.5 Å². The average Bonchev–Trinajstić information content (AvgIpc) is 2.49. The van der Waals surface area contributed by atoms with E-state index < -0.39 is 0 Å². The van der Waals surface area contributed by atoms with E-state index in [9.17, 15) is 0 Å². The molecule has 0 atom stereocenters. The summed E-state index contributed by atoms with van der Waals surface area (Å²) < 4.78 is 1.69. The molecule has 0 bridgehead atoms. The molecule has 2 rings (SSSR count). The molecule has 4 N–H and O–H groups in total. The van der Waals surface area contributed by atoms with Crippen molar-refractivity contribution >= 4 is 11.6 Å². The summed E-state index contributed by atoms with van der Waals surface area (Å²) in [5, 5.41) is 3.98. The predicted molar refractivity (Wildman–Crippen MR) is 59.1 cm³/mol. The van der Waals surface area contributed by atoms with E-state index >= 15 is 0 Å². The summed E-state index contributed by atoms with van der Waals surface area (Å²) in [5.41, 5.74) is 13.0. The van der Waals surface area contributed by atoms with Gasteiger partial charge in [0.25, 0.3) is 0 Å². The molecular weight excluding hydrogens is 190 g/mol. The zero-order valence-corrected chi connectivity index (χ0v) is 8.51. The fourth-order valence-electron chi connectivity index (χ4n) is 1.41. The molecule has 1 heterocycles. The third-order valence-electron chi connectivity index (χ3n) is 2.21. The van der Waals surface area contributed by atoms with Crippen molar-refractivity contribution in [3.63, 3.8) is 0 Å². The van der Waals surface area contributed by atoms with Crippen molar-refractivity contribution in [3.8, 4) is 0 Å². The number of aryl methyl sites for hydroxylation is 1. The third-order valence-corrected chi connectivity index (χ3v) is 2.21. The van der Waals surface area contributed by atoms with E-state index in [1.807, 2.05) is 31.3 Å². The molecule has 0 aliphatic carbocycles. The normalized spacial score (nSPS) is 10.5. The van der Waals surface area contributed by atoms with E-state index in [0.29, 0.717) is 12.4 Å². The van der Waals surface area contributed by atoms with Gasteiger partial charge in [0.1, 0.15) is 5.82 Å². The number of aromatic nitrogens is 3. The van der Waals surface area contributed by atoms with E-state index in [0.717, 1.165) is 17.1 Å². The molecule has 0 radical (unpaired) electrons. The number of nitrogen functional groups attached to an aromatic ring is 2. The molecule has 0 aliphatic heterocycles. The number of nitrogens with two attached hydrogens (primary N) is 2. The summed E-state index contributed by atoms with van der Waals surface area (Å²) in [6, 6.07) is 7.69. The predicted octanol–water partition coefficient (Wildman–Crippen LogP) is 0.570. The van der Waals surface area contributed by atoms with Crippen LogP contribution < -0.4 is 11.5 Å². The molecule has 2 aromatic rings. The molecule has 0 amide bonds. The number of hydrogen-bond acceptors (Lipinski definition) is 4. The summed E-state index contributed by atoms with van der Waals surface area (Å²) in [6.45, 7) is 0. The summed E-state index contributed by atoms with van der Waals surface area (Å²) in [4.78, 5) is 4.13. The fourth-order valence-corrected chi connectivity index (χ4v) is 1.41. The SMILES string of the molecule is Cn1nc(N)nc1Cc1ccc(N)cc1. The van der Waals surface area contributed by atoms with Gasteiger partial charge in [0.05, 0.1) is 0 Å². The number of nitrogens with zero attached hydrogens (tertiary/aromatic N) is 3. The highest BCUT2D eigenvalue weighted by molar-refractivity contribution is 5.40. The monoisotopic (exact) mass is 203 g/mol. The highest BCUT2D eigenvalue weighted by Crippen LogP contribution is 2.10. The van der Waals surface area contributed by atoms with E-state index in [-0.39, 0.29) is 0 Å². The van der Waals surface area contributed by atoms with Crippen molar-refractivity contribution < 1.29 is 0 Å². The van der Waals surface area contributed by atoms with Crippen molar-refractivity contribution in [2.45, 2.75) is 6.42 Å². The van der Waals surface area contributed by atoms with Gasteiger partial charge in [-0.25, -0.2) is 0 Å². The van der Waals surface area contributed by atoms with Crippen LogP contribution in [0.2, 0.25) is 0 Å². The third kappa shape index (κ3) is 2.07. The minimum Gasteiger partial charge on any atom is -0.399 e. The molecule has 5 nitrogen and oxygen atoms in total. The van der Waals surface area contributed by atoms with Crippen LogP contribution in [0.25, 0.3) is 0 Å². The molecule has 0 spiro atoms. The van der Waals surface area contributed by atoms with Crippen LogP contribution >= 0.6 is 0 Å². The van der Waals surface area contributed by atoms with Crippen LogP contribution in [0.5, 0.6) is 0 Å². The zero-order valence-electron chi connectivity index (χ0n) is 8.51. The van der Waals surface area contributed by atoms with Gasteiger partial charge in [-0.15, -0.1) is 5.10 Å². The lowest BCUT2D eigenvalue weighted by Gasteiger charge is -2.00. The van der Waals surface area contributed by atoms with E-state index in [1.54, 1.807) is 4.68 Å². The number of rotatable bonds is 2. The van der Waals surface area contributed by atoms with E-state index in [4.69, 9.17) is 11.5 Å². The maximum absolute atomic E-state index is 5.60. The van der Waals surface area contributed by atoms with Crippen LogP contribution in [-0.4, -0.2) is 14.8 Å². The quantitative estimate of drug-likeness (QED) is 0.699. The Kier molecular flexibility index (Phi) is 2.29. The highest BCUT2D eigenvalue weighted by Gasteiger charge is 2.04. The van der Waals surface area contributed by atoms with Gasteiger partial charge in [-0.1, -0.05) is 12.1 Å². The lowest BCUT2D eigenvalue weighted by atomic mass is 10.1. The van der Waals surface area contributed by atoms with Gasteiger partial charge >= 0.3 is 0 Å². The standard InChI is InChI=1S/C10H13N5/c1-15-9(13-10(12)14-15)6-7-2-4-8(11)5-3-7/h2-5H,6,11H2,1H3,(H2,12,14). The highest BCUT2D eigenvalue weighted by atomic mass is 15.4. The minimum atomic E-state index is 0.308. The van der Waals surface area contributed by atoms with Crippen molar-refractivity contribution in [2.24, 2.45) is 7.05 Å². The first-order chi connectivity index (χ1) is 7.15. The summed E-state index contributed by atoms with van der Waals surface area (Å²) in [6.07, 6.45) is 0.709. The van der Waals surface area contributed by atoms with Crippen LogP contribution in [0, 0.1) is 0 Å². The van der Waals surface area contributed by atoms with Crippen LogP contribution in [0.15, 0.2) is 24.3 Å². The van der Waals surface area contributed by atoms with Crippen LogP contribution in [0.4, 0.5) is 11.6 Å². The number of anilines is 2. The fraction of sp³-hybridized carbons (Fsp3) is 0.200. The molecule has 0 aliphatic rings. The lowest BCUT2D eigenvalue weighted by Crippen LogP contribution is -2.00.